The molecule has 1 heterocycles. The standard InChI is InChI=1S/C11H14Cl2N2O3S/c1-11(2-3-18-6-11)15-19(16,17)10-8(13)4-7(12)5-9(10)14/h4-5,15H,2-3,6,14H2,1H3. The Kier molecular flexibility index (Phi) is 3.99. The second kappa shape index (κ2) is 5.10. The molecular formula is C11H14Cl2N2O3S. The minimum absolute atomic E-state index is 0.0000142. The number of halogens is 2. The van der Waals surface area contributed by atoms with Crippen LogP contribution in [0.25, 0.3) is 0 Å². The van der Waals surface area contributed by atoms with Crippen molar-refractivity contribution in [3.05, 3.63) is 22.2 Å². The molecule has 5 nitrogen and oxygen atoms in total. The fourth-order valence-electron chi connectivity index (χ4n) is 1.99. The summed E-state index contributed by atoms with van der Waals surface area (Å²) in [6, 6.07) is 2.71. The summed E-state index contributed by atoms with van der Waals surface area (Å²) in [5.41, 5.74) is 5.08. The van der Waals surface area contributed by atoms with Crippen molar-refractivity contribution in [2.75, 3.05) is 18.9 Å². The lowest BCUT2D eigenvalue weighted by molar-refractivity contribution is 0.178. The monoisotopic (exact) mass is 324 g/mol. The molecule has 1 fully saturated rings. The lowest BCUT2D eigenvalue weighted by atomic mass is 10.0. The summed E-state index contributed by atoms with van der Waals surface area (Å²) >= 11 is 11.7. The van der Waals surface area contributed by atoms with Crippen molar-refractivity contribution in [2.45, 2.75) is 23.8 Å². The molecule has 0 radical (unpaired) electrons. The van der Waals surface area contributed by atoms with Crippen molar-refractivity contribution in [1.82, 2.24) is 4.72 Å². The largest absolute Gasteiger partial charge is 0.398 e. The van der Waals surface area contributed by atoms with Crippen LogP contribution in [0.3, 0.4) is 0 Å². The van der Waals surface area contributed by atoms with Gasteiger partial charge in [0, 0.05) is 11.6 Å². The Bertz CT molecular complexity index is 575. The van der Waals surface area contributed by atoms with Crippen LogP contribution in [0.1, 0.15) is 13.3 Å². The third kappa shape index (κ3) is 3.14. The van der Waals surface area contributed by atoms with Gasteiger partial charge in [-0.25, -0.2) is 13.1 Å². The molecule has 1 atom stereocenters. The molecular weight excluding hydrogens is 311 g/mol. The van der Waals surface area contributed by atoms with Crippen LogP contribution < -0.4 is 10.5 Å². The maximum absolute atomic E-state index is 12.4. The lowest BCUT2D eigenvalue weighted by Gasteiger charge is -2.24. The Hall–Kier alpha value is -0.530. The summed E-state index contributed by atoms with van der Waals surface area (Å²) in [6.07, 6.45) is 0.595. The van der Waals surface area contributed by atoms with Gasteiger partial charge in [0.05, 0.1) is 22.9 Å². The summed E-state index contributed by atoms with van der Waals surface area (Å²) in [5, 5.41) is 0.289. The third-order valence-electron chi connectivity index (χ3n) is 2.91. The van der Waals surface area contributed by atoms with Crippen LogP contribution in [0.4, 0.5) is 5.69 Å². The van der Waals surface area contributed by atoms with E-state index in [0.29, 0.717) is 19.6 Å². The molecule has 1 saturated heterocycles. The maximum Gasteiger partial charge on any atom is 0.244 e. The molecule has 1 unspecified atom stereocenters. The van der Waals surface area contributed by atoms with Gasteiger partial charge in [0.15, 0.2) is 0 Å². The van der Waals surface area contributed by atoms with Crippen LogP contribution >= 0.6 is 23.2 Å². The maximum atomic E-state index is 12.4. The van der Waals surface area contributed by atoms with Crippen molar-refractivity contribution in [2.24, 2.45) is 0 Å². The minimum Gasteiger partial charge on any atom is -0.398 e. The molecule has 1 aromatic rings. The Morgan fingerprint density at radius 2 is 2.11 bits per heavy atom. The highest BCUT2D eigenvalue weighted by Crippen LogP contribution is 2.32. The first-order valence-electron chi connectivity index (χ1n) is 5.60. The summed E-state index contributed by atoms with van der Waals surface area (Å²) in [6.45, 7) is 2.61. The highest BCUT2D eigenvalue weighted by atomic mass is 35.5. The first kappa shape index (κ1) is 14.9. The Balaban J connectivity index is 2.40. The van der Waals surface area contributed by atoms with E-state index in [9.17, 15) is 8.42 Å². The Labute approximate surface area is 122 Å². The van der Waals surface area contributed by atoms with E-state index in [1.165, 1.54) is 12.1 Å². The number of nitrogens with one attached hydrogen (secondary N) is 1. The molecule has 19 heavy (non-hydrogen) atoms. The van der Waals surface area contributed by atoms with Crippen LogP contribution in [0.2, 0.25) is 10.0 Å². The Morgan fingerprint density at radius 3 is 2.63 bits per heavy atom. The number of sulfonamides is 1. The van der Waals surface area contributed by atoms with Crippen LogP contribution in [0.15, 0.2) is 17.0 Å². The summed E-state index contributed by atoms with van der Waals surface area (Å²) in [5.74, 6) is 0. The average molecular weight is 325 g/mol. The number of nitrogen functional groups attached to an aromatic ring is 1. The number of benzene rings is 1. The smallest absolute Gasteiger partial charge is 0.244 e. The highest BCUT2D eigenvalue weighted by Gasteiger charge is 2.36. The molecule has 0 aromatic heterocycles. The molecule has 1 aromatic carbocycles. The zero-order valence-corrected chi connectivity index (χ0v) is 12.6. The van der Waals surface area contributed by atoms with Gasteiger partial charge < -0.3 is 10.5 Å². The second-order valence-electron chi connectivity index (χ2n) is 4.77. The molecule has 0 aliphatic carbocycles. The quantitative estimate of drug-likeness (QED) is 0.833. The minimum atomic E-state index is -3.83. The van der Waals surface area contributed by atoms with Crippen molar-refractivity contribution in [3.63, 3.8) is 0 Å². The van der Waals surface area contributed by atoms with Crippen LogP contribution in [0.5, 0.6) is 0 Å². The summed E-state index contributed by atoms with van der Waals surface area (Å²) in [7, 11) is -3.83. The normalized spacial score (nSPS) is 23.7. The molecule has 1 aliphatic heterocycles. The van der Waals surface area contributed by atoms with Gasteiger partial charge >= 0.3 is 0 Å². The van der Waals surface area contributed by atoms with Gasteiger partial charge in [0.25, 0.3) is 0 Å². The first-order chi connectivity index (χ1) is 8.73. The Morgan fingerprint density at radius 1 is 1.42 bits per heavy atom. The van der Waals surface area contributed by atoms with Gasteiger partial charge in [-0.3, -0.25) is 0 Å². The van der Waals surface area contributed by atoms with E-state index in [0.717, 1.165) is 0 Å². The van der Waals surface area contributed by atoms with Gasteiger partial charge in [-0.05, 0) is 25.5 Å². The fourth-order valence-corrected chi connectivity index (χ4v) is 4.40. The van der Waals surface area contributed by atoms with Crippen molar-refractivity contribution in [3.8, 4) is 0 Å². The molecule has 0 saturated carbocycles. The third-order valence-corrected chi connectivity index (χ3v) is 5.29. The second-order valence-corrected chi connectivity index (χ2v) is 7.24. The number of hydrogen-bond acceptors (Lipinski definition) is 4. The van der Waals surface area contributed by atoms with E-state index in [2.05, 4.69) is 4.72 Å². The van der Waals surface area contributed by atoms with E-state index >= 15 is 0 Å². The van der Waals surface area contributed by atoms with Gasteiger partial charge in [0.1, 0.15) is 4.90 Å². The van der Waals surface area contributed by atoms with Gasteiger partial charge in [0.2, 0.25) is 10.0 Å². The van der Waals surface area contributed by atoms with Crippen molar-refractivity contribution >= 4 is 38.9 Å². The highest BCUT2D eigenvalue weighted by molar-refractivity contribution is 7.89. The number of ether oxygens (including phenoxy) is 1. The van der Waals surface area contributed by atoms with Crippen molar-refractivity contribution < 1.29 is 13.2 Å². The predicted octanol–water partition coefficient (Wildman–Crippen LogP) is 2.03. The van der Waals surface area contributed by atoms with Crippen LogP contribution in [-0.2, 0) is 14.8 Å². The number of nitrogens with two attached hydrogens (primary N) is 1. The first-order valence-corrected chi connectivity index (χ1v) is 7.84. The lowest BCUT2D eigenvalue weighted by Crippen LogP contribution is -2.46. The molecule has 1 aliphatic rings. The molecule has 0 amide bonds. The average Bonchev–Trinajstić information content (AvgIpc) is 2.60. The SMILES string of the molecule is CC1(NS(=O)(=O)c2c(N)cc(Cl)cc2Cl)CCOC1. The van der Waals surface area contributed by atoms with E-state index < -0.39 is 15.6 Å². The molecule has 0 spiro atoms. The zero-order valence-electron chi connectivity index (χ0n) is 10.2. The molecule has 3 N–H and O–H groups in total. The van der Waals surface area contributed by atoms with Gasteiger partial charge in [-0.1, -0.05) is 23.2 Å². The molecule has 2 rings (SSSR count). The molecule has 106 valence electrons. The molecule has 8 heteroatoms. The van der Waals surface area contributed by atoms with E-state index in [4.69, 9.17) is 33.7 Å². The number of rotatable bonds is 3. The van der Waals surface area contributed by atoms with E-state index in [1.54, 1.807) is 6.92 Å². The van der Waals surface area contributed by atoms with Crippen LogP contribution in [0, 0.1) is 0 Å². The van der Waals surface area contributed by atoms with Gasteiger partial charge in [-0.15, -0.1) is 0 Å². The summed E-state index contributed by atoms with van der Waals surface area (Å²) < 4.78 is 32.5. The van der Waals surface area contributed by atoms with E-state index in [1.807, 2.05) is 0 Å². The molecule has 0 bridgehead atoms. The fraction of sp³-hybridized carbons (Fsp3) is 0.455. The number of anilines is 1. The number of hydrogen-bond donors (Lipinski definition) is 2. The van der Waals surface area contributed by atoms with Crippen molar-refractivity contribution in [1.29, 1.82) is 0 Å². The zero-order chi connectivity index (χ0) is 14.3. The topological polar surface area (TPSA) is 81.4 Å². The van der Waals surface area contributed by atoms with Crippen LogP contribution in [-0.4, -0.2) is 27.2 Å². The van der Waals surface area contributed by atoms with E-state index in [-0.39, 0.29) is 20.6 Å². The summed E-state index contributed by atoms with van der Waals surface area (Å²) in [4.78, 5) is -0.147. The van der Waals surface area contributed by atoms with Gasteiger partial charge in [-0.2, -0.15) is 0 Å². The predicted molar refractivity (Wildman–Crippen MR) is 75.0 cm³/mol.